The van der Waals surface area contributed by atoms with Crippen LogP contribution in [-0.4, -0.2) is 43.4 Å². The third kappa shape index (κ3) is 3.48. The van der Waals surface area contributed by atoms with Crippen molar-refractivity contribution in [1.29, 1.82) is 0 Å². The van der Waals surface area contributed by atoms with Crippen LogP contribution in [0.1, 0.15) is 5.56 Å². The van der Waals surface area contributed by atoms with Crippen molar-refractivity contribution in [1.82, 2.24) is 10.3 Å². The molecule has 0 spiro atoms. The second-order valence-corrected chi connectivity index (χ2v) is 4.59. The van der Waals surface area contributed by atoms with Crippen molar-refractivity contribution >= 4 is 29.8 Å². The van der Waals surface area contributed by atoms with Crippen LogP contribution in [0.4, 0.5) is 4.79 Å². The minimum atomic E-state index is -0.576. The Hall–Kier alpha value is -2.72. The number of hydrogen-bond donors (Lipinski definition) is 1. The molecule has 0 bridgehead atoms. The normalized spacial score (nSPS) is 14.1. The van der Waals surface area contributed by atoms with Gasteiger partial charge in [-0.05, 0) is 17.7 Å². The number of carbonyl (C=O) groups excluding carboxylic acids is 2. The summed E-state index contributed by atoms with van der Waals surface area (Å²) in [6.07, 6.45) is 6.53. The summed E-state index contributed by atoms with van der Waals surface area (Å²) in [5.74, 6) is 2.64. The van der Waals surface area contributed by atoms with Crippen LogP contribution in [0.2, 0.25) is 5.02 Å². The molecule has 0 aromatic heterocycles. The number of halogens is 1. The van der Waals surface area contributed by atoms with Gasteiger partial charge in [-0.2, -0.15) is 5.10 Å². The number of terminal acetylenes is 1. The molecule has 2 rings (SSSR count). The van der Waals surface area contributed by atoms with Crippen molar-refractivity contribution in [3.05, 3.63) is 22.7 Å². The molecule has 0 aliphatic carbocycles. The fourth-order valence-corrected chi connectivity index (χ4v) is 2.00. The number of hydrogen-bond acceptors (Lipinski definition) is 5. The van der Waals surface area contributed by atoms with E-state index < -0.39 is 11.9 Å². The summed E-state index contributed by atoms with van der Waals surface area (Å²) in [5.41, 5.74) is 0.571. The quantitative estimate of drug-likeness (QED) is 0.503. The molecule has 0 radical (unpaired) electrons. The van der Waals surface area contributed by atoms with Crippen LogP contribution in [0.15, 0.2) is 17.2 Å². The molecule has 1 fully saturated rings. The molecule has 1 aromatic carbocycles. The van der Waals surface area contributed by atoms with E-state index in [2.05, 4.69) is 16.3 Å². The van der Waals surface area contributed by atoms with E-state index in [-0.39, 0.29) is 18.2 Å². The maximum Gasteiger partial charge on any atom is 0.344 e. The maximum absolute atomic E-state index is 11.4. The Morgan fingerprint density at radius 3 is 2.91 bits per heavy atom. The van der Waals surface area contributed by atoms with Crippen molar-refractivity contribution in [3.8, 4) is 23.8 Å². The second-order valence-electron chi connectivity index (χ2n) is 4.18. The summed E-state index contributed by atoms with van der Waals surface area (Å²) in [6.45, 7) is -0.0663. The summed E-state index contributed by atoms with van der Waals surface area (Å²) in [7, 11) is 1.46. The molecule has 1 aliphatic heterocycles. The first kappa shape index (κ1) is 15.7. The molecular weight excluding hydrogens is 310 g/mol. The van der Waals surface area contributed by atoms with E-state index in [0.29, 0.717) is 17.1 Å². The fraction of sp³-hybridized carbons (Fsp3) is 0.214. The highest BCUT2D eigenvalue weighted by atomic mass is 35.5. The Bertz CT molecular complexity index is 681. The van der Waals surface area contributed by atoms with E-state index in [1.807, 2.05) is 0 Å². The topological polar surface area (TPSA) is 80.2 Å². The summed E-state index contributed by atoms with van der Waals surface area (Å²) < 4.78 is 10.5. The largest absolute Gasteiger partial charge is 0.493 e. The number of imide groups is 1. The van der Waals surface area contributed by atoms with Gasteiger partial charge >= 0.3 is 6.03 Å². The molecule has 22 heavy (non-hydrogen) atoms. The molecule has 1 aromatic rings. The molecule has 3 amide bonds. The summed E-state index contributed by atoms with van der Waals surface area (Å²) in [6, 6.07) is 2.62. The SMILES string of the molecule is C#CCOc1c(Cl)cc(/C=N/N2CC(=O)NC2=O)cc1OC. The molecule has 0 unspecified atom stereocenters. The lowest BCUT2D eigenvalue weighted by Crippen LogP contribution is -2.24. The predicted molar refractivity (Wildman–Crippen MR) is 80.2 cm³/mol. The standard InChI is InChI=1S/C14H12ClN3O4/c1-3-4-22-13-10(15)5-9(6-11(13)21-2)7-16-18-8-12(19)17-14(18)20/h1,5-7H,4,8H2,2H3,(H,17,19,20)/b16-7+. The Kier molecular flexibility index (Phi) is 4.86. The van der Waals surface area contributed by atoms with Gasteiger partial charge in [0, 0.05) is 0 Å². The van der Waals surface area contributed by atoms with Gasteiger partial charge in [0.25, 0.3) is 0 Å². The van der Waals surface area contributed by atoms with Crippen molar-refractivity contribution in [2.75, 3.05) is 20.3 Å². The van der Waals surface area contributed by atoms with Gasteiger partial charge in [-0.25, -0.2) is 9.80 Å². The molecule has 7 nitrogen and oxygen atoms in total. The zero-order valence-corrected chi connectivity index (χ0v) is 12.4. The number of rotatable bonds is 5. The number of hydrazone groups is 1. The zero-order chi connectivity index (χ0) is 16.1. The number of ether oxygens (including phenoxy) is 2. The van der Waals surface area contributed by atoms with Crippen molar-refractivity contribution in [3.63, 3.8) is 0 Å². The van der Waals surface area contributed by atoms with Gasteiger partial charge in [-0.15, -0.1) is 6.42 Å². The summed E-state index contributed by atoms with van der Waals surface area (Å²) >= 11 is 6.11. The first-order valence-electron chi connectivity index (χ1n) is 6.14. The number of benzene rings is 1. The van der Waals surface area contributed by atoms with Crippen LogP contribution in [0.5, 0.6) is 11.5 Å². The molecule has 0 atom stereocenters. The van der Waals surface area contributed by atoms with Gasteiger partial charge in [0.15, 0.2) is 11.5 Å². The molecular formula is C14H12ClN3O4. The average Bonchev–Trinajstić information content (AvgIpc) is 2.81. The molecule has 0 saturated carbocycles. The lowest BCUT2D eigenvalue weighted by molar-refractivity contribution is -0.118. The smallest absolute Gasteiger partial charge is 0.344 e. The first-order chi connectivity index (χ1) is 10.5. The lowest BCUT2D eigenvalue weighted by atomic mass is 10.2. The molecule has 1 N–H and O–H groups in total. The van der Waals surface area contributed by atoms with Gasteiger partial charge in [0.05, 0.1) is 18.3 Å². The van der Waals surface area contributed by atoms with Crippen LogP contribution in [-0.2, 0) is 4.79 Å². The molecule has 1 saturated heterocycles. The van der Waals surface area contributed by atoms with Crippen molar-refractivity contribution in [2.45, 2.75) is 0 Å². The van der Waals surface area contributed by atoms with E-state index in [9.17, 15) is 9.59 Å². The maximum atomic E-state index is 11.4. The van der Waals surface area contributed by atoms with Gasteiger partial charge in [-0.3, -0.25) is 10.1 Å². The zero-order valence-electron chi connectivity index (χ0n) is 11.6. The van der Waals surface area contributed by atoms with Crippen LogP contribution in [0.25, 0.3) is 0 Å². The second kappa shape index (κ2) is 6.83. The minimum absolute atomic E-state index is 0.0551. The Balaban J connectivity index is 2.22. The van der Waals surface area contributed by atoms with Crippen LogP contribution >= 0.6 is 11.6 Å². The third-order valence-corrected chi connectivity index (χ3v) is 2.95. The van der Waals surface area contributed by atoms with Crippen molar-refractivity contribution < 1.29 is 19.1 Å². The molecule has 8 heteroatoms. The van der Waals surface area contributed by atoms with E-state index in [1.54, 1.807) is 12.1 Å². The summed E-state index contributed by atoms with van der Waals surface area (Å²) in [4.78, 5) is 22.4. The molecule has 114 valence electrons. The van der Waals surface area contributed by atoms with E-state index >= 15 is 0 Å². The molecule has 1 aliphatic rings. The number of carbonyl (C=O) groups is 2. The van der Waals surface area contributed by atoms with Gasteiger partial charge in [0.1, 0.15) is 13.2 Å². The highest BCUT2D eigenvalue weighted by Crippen LogP contribution is 2.36. The third-order valence-electron chi connectivity index (χ3n) is 2.67. The van der Waals surface area contributed by atoms with Gasteiger partial charge in [0.2, 0.25) is 5.91 Å². The summed E-state index contributed by atoms with van der Waals surface area (Å²) in [5, 5.41) is 7.33. The van der Waals surface area contributed by atoms with Crippen molar-refractivity contribution in [2.24, 2.45) is 5.10 Å². The Labute approximate surface area is 131 Å². The van der Waals surface area contributed by atoms with Crippen LogP contribution < -0.4 is 14.8 Å². The highest BCUT2D eigenvalue weighted by Gasteiger charge is 2.25. The van der Waals surface area contributed by atoms with E-state index in [1.165, 1.54) is 13.3 Å². The predicted octanol–water partition coefficient (Wildman–Crippen LogP) is 1.25. The number of urea groups is 1. The van der Waals surface area contributed by atoms with Gasteiger partial charge in [-0.1, -0.05) is 17.5 Å². The number of nitrogens with one attached hydrogen (secondary N) is 1. The van der Waals surface area contributed by atoms with Crippen LogP contribution in [0, 0.1) is 12.3 Å². The number of methoxy groups -OCH3 is 1. The van der Waals surface area contributed by atoms with E-state index in [4.69, 9.17) is 27.5 Å². The van der Waals surface area contributed by atoms with Crippen LogP contribution in [0.3, 0.4) is 0 Å². The average molecular weight is 322 g/mol. The van der Waals surface area contributed by atoms with E-state index in [0.717, 1.165) is 5.01 Å². The number of amides is 3. The lowest BCUT2D eigenvalue weighted by Gasteiger charge is -2.11. The van der Waals surface area contributed by atoms with Gasteiger partial charge < -0.3 is 9.47 Å². The first-order valence-corrected chi connectivity index (χ1v) is 6.52. The molecule has 1 heterocycles. The fourth-order valence-electron chi connectivity index (χ4n) is 1.73. The Morgan fingerprint density at radius 2 is 2.32 bits per heavy atom. The monoisotopic (exact) mass is 321 g/mol. The Morgan fingerprint density at radius 1 is 1.55 bits per heavy atom. The minimum Gasteiger partial charge on any atom is -0.493 e. The highest BCUT2D eigenvalue weighted by molar-refractivity contribution is 6.32. The number of nitrogens with zero attached hydrogens (tertiary/aromatic N) is 2.